The molecule has 3 aromatic rings. The summed E-state index contributed by atoms with van der Waals surface area (Å²) >= 11 is 6.30. The Bertz CT molecular complexity index is 914. The predicted octanol–water partition coefficient (Wildman–Crippen LogP) is 5.76. The van der Waals surface area contributed by atoms with Crippen molar-refractivity contribution in [2.45, 2.75) is 0 Å². The van der Waals surface area contributed by atoms with Crippen LogP contribution in [0.1, 0.15) is 0 Å². The van der Waals surface area contributed by atoms with E-state index in [1.165, 1.54) is 6.07 Å². The number of hydrogen-bond donors (Lipinski definition) is 1. The molecule has 0 aliphatic heterocycles. The molecule has 0 spiro atoms. The molecule has 0 atom stereocenters. The summed E-state index contributed by atoms with van der Waals surface area (Å²) in [4.78, 5) is 12.8. The van der Waals surface area contributed by atoms with E-state index in [2.05, 4.69) is 5.32 Å². The van der Waals surface area contributed by atoms with E-state index in [4.69, 9.17) is 11.6 Å². The summed E-state index contributed by atoms with van der Waals surface area (Å²) in [5.74, 6) is 0. The van der Waals surface area contributed by atoms with Crippen LogP contribution in [-0.4, -0.2) is 12.0 Å². The summed E-state index contributed by atoms with van der Waals surface area (Å²) in [6.07, 6.45) is 0. The molecule has 0 unspecified atom stereocenters. The van der Waals surface area contributed by atoms with Crippen molar-refractivity contribution >= 4 is 40.0 Å². The van der Waals surface area contributed by atoms with Crippen LogP contribution in [0.25, 0.3) is 0 Å². The molecule has 25 heavy (non-hydrogen) atoms. The summed E-state index contributed by atoms with van der Waals surface area (Å²) in [6, 6.07) is 21.7. The highest BCUT2D eigenvalue weighted by Crippen LogP contribution is 2.37. The normalized spacial score (nSPS) is 10.3. The van der Waals surface area contributed by atoms with Crippen LogP contribution in [0, 0.1) is 10.1 Å². The molecule has 1 N–H and O–H groups in total. The van der Waals surface area contributed by atoms with Crippen LogP contribution in [0.4, 0.5) is 28.4 Å². The third kappa shape index (κ3) is 3.56. The van der Waals surface area contributed by atoms with Gasteiger partial charge in [0.05, 0.1) is 27.0 Å². The highest BCUT2D eigenvalue weighted by Gasteiger charge is 2.16. The largest absolute Gasteiger partial charge is 0.348 e. The number of anilines is 4. The van der Waals surface area contributed by atoms with Crippen molar-refractivity contribution in [3.05, 3.63) is 87.9 Å². The van der Waals surface area contributed by atoms with E-state index in [1.807, 2.05) is 60.5 Å². The van der Waals surface area contributed by atoms with Gasteiger partial charge in [-0.1, -0.05) is 48.0 Å². The van der Waals surface area contributed by atoms with E-state index in [-0.39, 0.29) is 5.69 Å². The van der Waals surface area contributed by atoms with Gasteiger partial charge in [-0.05, 0) is 30.3 Å². The summed E-state index contributed by atoms with van der Waals surface area (Å²) in [7, 11) is 1.90. The standard InChI is InChI=1S/C19H16ClN3O2/c1-22(17-11-5-2-8-14(17)20)18-12-6-3-9-15(18)21-16-10-4-7-13-19(16)23(24)25/h2-13,21H,1H3. The predicted molar refractivity (Wildman–Crippen MR) is 102 cm³/mol. The van der Waals surface area contributed by atoms with Gasteiger partial charge in [0.2, 0.25) is 0 Å². The maximum atomic E-state index is 11.2. The molecule has 0 saturated carbocycles. The zero-order valence-electron chi connectivity index (χ0n) is 13.5. The maximum Gasteiger partial charge on any atom is 0.292 e. The second-order valence-corrected chi connectivity index (χ2v) is 5.83. The van der Waals surface area contributed by atoms with Crippen molar-refractivity contribution in [1.82, 2.24) is 0 Å². The first-order valence-electron chi connectivity index (χ1n) is 7.65. The highest BCUT2D eigenvalue weighted by atomic mass is 35.5. The fraction of sp³-hybridized carbons (Fsp3) is 0.0526. The van der Waals surface area contributed by atoms with Crippen LogP contribution in [0.2, 0.25) is 5.02 Å². The second-order valence-electron chi connectivity index (χ2n) is 5.43. The van der Waals surface area contributed by atoms with Gasteiger partial charge in [0, 0.05) is 13.1 Å². The van der Waals surface area contributed by atoms with Crippen LogP contribution in [-0.2, 0) is 0 Å². The Morgan fingerprint density at radius 3 is 2.12 bits per heavy atom. The van der Waals surface area contributed by atoms with Crippen molar-refractivity contribution < 1.29 is 4.92 Å². The Morgan fingerprint density at radius 2 is 1.44 bits per heavy atom. The van der Waals surface area contributed by atoms with Crippen molar-refractivity contribution in [3.8, 4) is 0 Å². The maximum absolute atomic E-state index is 11.2. The molecule has 0 bridgehead atoms. The number of rotatable bonds is 5. The minimum atomic E-state index is -0.400. The van der Waals surface area contributed by atoms with E-state index >= 15 is 0 Å². The first-order chi connectivity index (χ1) is 12.1. The fourth-order valence-electron chi connectivity index (χ4n) is 2.61. The van der Waals surface area contributed by atoms with Gasteiger partial charge in [-0.15, -0.1) is 0 Å². The topological polar surface area (TPSA) is 58.4 Å². The number of nitro groups is 1. The summed E-state index contributed by atoms with van der Waals surface area (Å²) in [5, 5.41) is 15.0. The van der Waals surface area contributed by atoms with E-state index in [0.717, 1.165) is 17.1 Å². The zero-order valence-corrected chi connectivity index (χ0v) is 14.3. The Morgan fingerprint density at radius 1 is 0.880 bits per heavy atom. The van der Waals surface area contributed by atoms with E-state index in [0.29, 0.717) is 10.7 Å². The monoisotopic (exact) mass is 353 g/mol. The molecule has 0 radical (unpaired) electrons. The van der Waals surface area contributed by atoms with Crippen molar-refractivity contribution in [1.29, 1.82) is 0 Å². The molecule has 6 heteroatoms. The Hall–Kier alpha value is -3.05. The number of benzene rings is 3. The van der Waals surface area contributed by atoms with Crippen LogP contribution >= 0.6 is 11.6 Å². The van der Waals surface area contributed by atoms with Gasteiger partial charge in [0.1, 0.15) is 5.69 Å². The van der Waals surface area contributed by atoms with Crippen LogP contribution < -0.4 is 10.2 Å². The molecule has 5 nitrogen and oxygen atoms in total. The smallest absolute Gasteiger partial charge is 0.292 e. The van der Waals surface area contributed by atoms with Crippen molar-refractivity contribution in [2.75, 3.05) is 17.3 Å². The quantitative estimate of drug-likeness (QED) is 0.468. The molecule has 0 saturated heterocycles. The van der Waals surface area contributed by atoms with Gasteiger partial charge < -0.3 is 10.2 Å². The molecule has 0 aliphatic carbocycles. The number of halogens is 1. The summed E-state index contributed by atoms with van der Waals surface area (Å²) in [6.45, 7) is 0. The summed E-state index contributed by atoms with van der Waals surface area (Å²) in [5.41, 5.74) is 2.92. The molecular weight excluding hydrogens is 338 g/mol. The lowest BCUT2D eigenvalue weighted by Gasteiger charge is -2.24. The molecule has 3 aromatic carbocycles. The van der Waals surface area contributed by atoms with Crippen molar-refractivity contribution in [2.24, 2.45) is 0 Å². The highest BCUT2D eigenvalue weighted by molar-refractivity contribution is 6.33. The average Bonchev–Trinajstić information content (AvgIpc) is 2.62. The number of hydrogen-bond acceptors (Lipinski definition) is 4. The third-order valence-corrected chi connectivity index (χ3v) is 4.17. The van der Waals surface area contributed by atoms with Crippen LogP contribution in [0.3, 0.4) is 0 Å². The number of para-hydroxylation sites is 5. The SMILES string of the molecule is CN(c1ccccc1Cl)c1ccccc1Nc1ccccc1[N+](=O)[O-]. The molecule has 126 valence electrons. The lowest BCUT2D eigenvalue weighted by atomic mass is 10.2. The van der Waals surface area contributed by atoms with Gasteiger partial charge in [-0.2, -0.15) is 0 Å². The average molecular weight is 354 g/mol. The number of nitrogens with zero attached hydrogens (tertiary/aromatic N) is 2. The van der Waals surface area contributed by atoms with Crippen LogP contribution in [0.5, 0.6) is 0 Å². The lowest BCUT2D eigenvalue weighted by molar-refractivity contribution is -0.383. The minimum absolute atomic E-state index is 0.0256. The number of nitrogens with one attached hydrogen (secondary N) is 1. The van der Waals surface area contributed by atoms with Gasteiger partial charge >= 0.3 is 0 Å². The van der Waals surface area contributed by atoms with E-state index in [9.17, 15) is 10.1 Å². The zero-order chi connectivity index (χ0) is 17.8. The third-order valence-electron chi connectivity index (χ3n) is 3.85. The Kier molecular flexibility index (Phi) is 4.86. The summed E-state index contributed by atoms with van der Waals surface area (Å²) < 4.78 is 0. The van der Waals surface area contributed by atoms with Gasteiger partial charge in [0.25, 0.3) is 5.69 Å². The van der Waals surface area contributed by atoms with Gasteiger partial charge in [-0.3, -0.25) is 10.1 Å². The Labute approximate surface area is 150 Å². The van der Waals surface area contributed by atoms with E-state index < -0.39 is 4.92 Å². The molecule has 0 amide bonds. The molecule has 0 heterocycles. The molecule has 3 rings (SSSR count). The minimum Gasteiger partial charge on any atom is -0.348 e. The van der Waals surface area contributed by atoms with Crippen LogP contribution in [0.15, 0.2) is 72.8 Å². The molecule has 0 aromatic heterocycles. The van der Waals surface area contributed by atoms with Gasteiger partial charge in [0.15, 0.2) is 0 Å². The van der Waals surface area contributed by atoms with E-state index in [1.54, 1.807) is 18.2 Å². The Balaban J connectivity index is 2.00. The molecule has 0 aliphatic rings. The first-order valence-corrected chi connectivity index (χ1v) is 8.03. The lowest BCUT2D eigenvalue weighted by Crippen LogP contribution is -2.12. The van der Waals surface area contributed by atoms with Crippen molar-refractivity contribution in [3.63, 3.8) is 0 Å². The van der Waals surface area contributed by atoms with Gasteiger partial charge in [-0.25, -0.2) is 0 Å². The second kappa shape index (κ2) is 7.23. The molecule has 0 fully saturated rings. The number of nitro benzene ring substituents is 1. The first kappa shape index (κ1) is 16.8. The fourth-order valence-corrected chi connectivity index (χ4v) is 2.87. The molecular formula is C19H16ClN3O2.